The lowest BCUT2D eigenvalue weighted by atomic mass is 9.98. The molecule has 0 amide bonds. The summed E-state index contributed by atoms with van der Waals surface area (Å²) in [5.41, 5.74) is 0.648. The van der Waals surface area contributed by atoms with Gasteiger partial charge in [0.1, 0.15) is 6.07 Å². The fourth-order valence-electron chi connectivity index (χ4n) is 2.56. The molecule has 2 atom stereocenters. The molecule has 2 aliphatic heterocycles. The van der Waals surface area contributed by atoms with Gasteiger partial charge in [0.15, 0.2) is 5.37 Å². The highest BCUT2D eigenvalue weighted by atomic mass is 32.2. The molecule has 0 aromatic heterocycles. The molecule has 0 bridgehead atoms. The average Bonchev–Trinajstić information content (AvgIpc) is 2.36. The Balaban J connectivity index is 2.38. The summed E-state index contributed by atoms with van der Waals surface area (Å²) < 4.78 is 31.8. The van der Waals surface area contributed by atoms with E-state index in [0.29, 0.717) is 11.6 Å². The van der Waals surface area contributed by atoms with Crippen LogP contribution < -0.4 is 5.32 Å². The molecule has 1 fully saturated rings. The number of hydrogen-bond acceptors (Lipinski definition) is 5. The smallest absolute Gasteiger partial charge is 0.291 e. The first-order chi connectivity index (χ1) is 8.93. The SMILES string of the molecule is CC1CCCN(C2=C(C#N)C(S(=O)(=O)O)NC=C2)C1. The third-order valence-electron chi connectivity index (χ3n) is 3.44. The van der Waals surface area contributed by atoms with Crippen molar-refractivity contribution in [2.24, 2.45) is 5.92 Å². The second-order valence-electron chi connectivity index (χ2n) is 5.00. The Morgan fingerprint density at radius 3 is 2.89 bits per heavy atom. The molecule has 7 heteroatoms. The van der Waals surface area contributed by atoms with Crippen LogP contribution in [0.5, 0.6) is 0 Å². The normalized spacial score (nSPS) is 27.9. The molecule has 2 unspecified atom stereocenters. The maximum atomic E-state index is 11.3. The van der Waals surface area contributed by atoms with Crippen LogP contribution >= 0.6 is 0 Å². The van der Waals surface area contributed by atoms with Crippen molar-refractivity contribution in [3.05, 3.63) is 23.5 Å². The third kappa shape index (κ3) is 2.91. The van der Waals surface area contributed by atoms with E-state index in [2.05, 4.69) is 12.2 Å². The summed E-state index contributed by atoms with van der Waals surface area (Å²) >= 11 is 0. The molecule has 0 radical (unpaired) electrons. The van der Waals surface area contributed by atoms with Crippen molar-refractivity contribution in [2.45, 2.75) is 25.1 Å². The van der Waals surface area contributed by atoms with E-state index < -0.39 is 15.5 Å². The van der Waals surface area contributed by atoms with E-state index in [1.165, 1.54) is 6.20 Å². The minimum atomic E-state index is -4.34. The molecule has 1 saturated heterocycles. The van der Waals surface area contributed by atoms with Crippen LogP contribution in [0.1, 0.15) is 19.8 Å². The summed E-state index contributed by atoms with van der Waals surface area (Å²) in [5.74, 6) is 0.508. The van der Waals surface area contributed by atoms with Crippen LogP contribution in [-0.4, -0.2) is 36.3 Å². The molecule has 0 aromatic carbocycles. The Bertz CT molecular complexity index is 559. The van der Waals surface area contributed by atoms with Crippen LogP contribution in [0.2, 0.25) is 0 Å². The van der Waals surface area contributed by atoms with Crippen molar-refractivity contribution in [1.82, 2.24) is 10.2 Å². The molecule has 0 aliphatic carbocycles. The molecular weight excluding hydrogens is 266 g/mol. The van der Waals surface area contributed by atoms with Crippen molar-refractivity contribution >= 4 is 10.1 Å². The number of rotatable bonds is 2. The molecule has 6 nitrogen and oxygen atoms in total. The Labute approximate surface area is 113 Å². The van der Waals surface area contributed by atoms with Gasteiger partial charge in [0.05, 0.1) is 11.3 Å². The predicted molar refractivity (Wildman–Crippen MR) is 70.2 cm³/mol. The lowest BCUT2D eigenvalue weighted by molar-refractivity contribution is 0.232. The highest BCUT2D eigenvalue weighted by Gasteiger charge is 2.33. The zero-order valence-electron chi connectivity index (χ0n) is 10.7. The summed E-state index contributed by atoms with van der Waals surface area (Å²) in [6.07, 6.45) is 5.31. The number of allylic oxidation sites excluding steroid dienone is 1. The van der Waals surface area contributed by atoms with Gasteiger partial charge in [-0.25, -0.2) is 0 Å². The van der Waals surface area contributed by atoms with E-state index >= 15 is 0 Å². The molecule has 2 rings (SSSR count). The van der Waals surface area contributed by atoms with Crippen LogP contribution in [0.15, 0.2) is 23.5 Å². The predicted octanol–water partition coefficient (Wildman–Crippen LogP) is 0.827. The molecule has 19 heavy (non-hydrogen) atoms. The number of hydrogen-bond donors (Lipinski definition) is 2. The zero-order chi connectivity index (χ0) is 14.0. The van der Waals surface area contributed by atoms with E-state index in [-0.39, 0.29) is 5.57 Å². The summed E-state index contributed by atoms with van der Waals surface area (Å²) in [6, 6.07) is 1.91. The van der Waals surface area contributed by atoms with Crippen molar-refractivity contribution in [1.29, 1.82) is 5.26 Å². The second-order valence-corrected chi connectivity index (χ2v) is 6.50. The van der Waals surface area contributed by atoms with Gasteiger partial charge in [-0.15, -0.1) is 0 Å². The highest BCUT2D eigenvalue weighted by Crippen LogP contribution is 2.26. The average molecular weight is 283 g/mol. The molecule has 2 aliphatic rings. The number of nitriles is 1. The van der Waals surface area contributed by atoms with Gasteiger partial charge in [-0.1, -0.05) is 6.92 Å². The van der Waals surface area contributed by atoms with Gasteiger partial charge >= 0.3 is 0 Å². The Morgan fingerprint density at radius 2 is 2.32 bits per heavy atom. The first kappa shape index (κ1) is 13.9. The Morgan fingerprint density at radius 1 is 1.58 bits per heavy atom. The monoisotopic (exact) mass is 283 g/mol. The van der Waals surface area contributed by atoms with Crippen LogP contribution in [0.25, 0.3) is 0 Å². The van der Waals surface area contributed by atoms with Gasteiger partial charge in [0.25, 0.3) is 10.1 Å². The van der Waals surface area contributed by atoms with Crippen LogP contribution in [0.3, 0.4) is 0 Å². The highest BCUT2D eigenvalue weighted by molar-refractivity contribution is 7.86. The minimum Gasteiger partial charge on any atom is -0.370 e. The minimum absolute atomic E-state index is 0.0547. The molecule has 104 valence electrons. The second kappa shape index (κ2) is 5.23. The van der Waals surface area contributed by atoms with Crippen LogP contribution in [0.4, 0.5) is 0 Å². The van der Waals surface area contributed by atoms with Crippen molar-refractivity contribution < 1.29 is 13.0 Å². The van der Waals surface area contributed by atoms with Crippen molar-refractivity contribution in [3.8, 4) is 6.07 Å². The van der Waals surface area contributed by atoms with Gasteiger partial charge < -0.3 is 10.2 Å². The van der Waals surface area contributed by atoms with Gasteiger partial charge in [0, 0.05) is 13.1 Å². The number of likely N-dealkylation sites (tertiary alicyclic amines) is 1. The summed E-state index contributed by atoms with van der Waals surface area (Å²) in [5, 5.41) is 10.4. The van der Waals surface area contributed by atoms with Crippen LogP contribution in [-0.2, 0) is 10.1 Å². The molecule has 2 N–H and O–H groups in total. The topological polar surface area (TPSA) is 93.4 Å². The number of dihydropyridines is 1. The Hall–Kier alpha value is -1.52. The van der Waals surface area contributed by atoms with E-state index in [9.17, 15) is 18.2 Å². The fraction of sp³-hybridized carbons (Fsp3) is 0.583. The number of nitrogens with zero attached hydrogens (tertiary/aromatic N) is 2. The van der Waals surface area contributed by atoms with Crippen molar-refractivity contribution in [2.75, 3.05) is 13.1 Å². The quantitative estimate of drug-likeness (QED) is 0.729. The maximum Gasteiger partial charge on any atom is 0.291 e. The van der Waals surface area contributed by atoms with Crippen molar-refractivity contribution in [3.63, 3.8) is 0 Å². The Kier molecular flexibility index (Phi) is 3.83. The fourth-order valence-corrected chi connectivity index (χ4v) is 3.28. The van der Waals surface area contributed by atoms with E-state index in [1.807, 2.05) is 11.0 Å². The first-order valence-corrected chi connectivity index (χ1v) is 7.72. The molecule has 0 saturated carbocycles. The van der Waals surface area contributed by atoms with E-state index in [0.717, 1.165) is 25.9 Å². The summed E-state index contributed by atoms with van der Waals surface area (Å²) in [4.78, 5) is 2.02. The zero-order valence-corrected chi connectivity index (χ0v) is 11.5. The van der Waals surface area contributed by atoms with Crippen LogP contribution in [0, 0.1) is 17.2 Å². The van der Waals surface area contributed by atoms with Gasteiger partial charge in [-0.3, -0.25) is 4.55 Å². The number of nitrogens with one attached hydrogen (secondary N) is 1. The van der Waals surface area contributed by atoms with E-state index in [1.54, 1.807) is 6.08 Å². The molecule has 2 heterocycles. The number of piperidine rings is 1. The largest absolute Gasteiger partial charge is 0.370 e. The maximum absolute atomic E-state index is 11.3. The summed E-state index contributed by atoms with van der Waals surface area (Å²) in [7, 11) is -4.34. The molecule has 0 aromatic rings. The third-order valence-corrected chi connectivity index (χ3v) is 4.41. The summed E-state index contributed by atoms with van der Waals surface area (Å²) in [6.45, 7) is 3.72. The van der Waals surface area contributed by atoms with Gasteiger partial charge in [0.2, 0.25) is 0 Å². The molecular formula is C12H17N3O3S. The lowest BCUT2D eigenvalue weighted by Gasteiger charge is -2.35. The standard InChI is InChI=1S/C12H17N3O3S/c1-9-3-2-6-15(8-9)11-4-5-14-12(10(11)7-13)19(16,17)18/h4-5,9,12,14H,2-3,6,8H2,1H3,(H,16,17,18). The lowest BCUT2D eigenvalue weighted by Crippen LogP contribution is -2.41. The van der Waals surface area contributed by atoms with Gasteiger partial charge in [-0.2, -0.15) is 13.7 Å². The first-order valence-electron chi connectivity index (χ1n) is 6.21. The van der Waals surface area contributed by atoms with E-state index in [4.69, 9.17) is 0 Å². The van der Waals surface area contributed by atoms with Gasteiger partial charge in [-0.05, 0) is 31.0 Å². The molecule has 0 spiro atoms.